The van der Waals surface area contributed by atoms with Crippen LogP contribution in [0.25, 0.3) is 11.1 Å². The van der Waals surface area contributed by atoms with Gasteiger partial charge < -0.3 is 14.6 Å². The molecule has 8 heteroatoms. The van der Waals surface area contributed by atoms with Crippen LogP contribution in [0.3, 0.4) is 0 Å². The molecule has 0 fully saturated rings. The Hall–Kier alpha value is -3.23. The van der Waals surface area contributed by atoms with Crippen LogP contribution in [0, 0.1) is 6.92 Å². The Morgan fingerprint density at radius 2 is 2.00 bits per heavy atom. The standard InChI is InChI=1S/C21H21N3O4S/c1-14-12-16(8-9-17(14)15-6-3-2-4-7-15)20(25)22-10-5-11-27-19-13-18(28-24-19)21(29)23-26/h2-4,6-9,12-13,26H,5,10-11H2,1H3,(H,22,25)(H,23,29). The average molecular weight is 411 g/mol. The Bertz CT molecular complexity index is 989. The maximum Gasteiger partial charge on any atom is 0.254 e. The first-order chi connectivity index (χ1) is 14.1. The molecule has 0 atom stereocenters. The third-order valence-corrected chi connectivity index (χ3v) is 4.54. The molecule has 0 saturated heterocycles. The van der Waals surface area contributed by atoms with E-state index in [4.69, 9.17) is 26.7 Å². The van der Waals surface area contributed by atoms with Gasteiger partial charge in [-0.05, 0) is 47.3 Å². The summed E-state index contributed by atoms with van der Waals surface area (Å²) in [5.74, 6) is 0.340. The molecule has 1 heterocycles. The highest BCUT2D eigenvalue weighted by Crippen LogP contribution is 2.24. The molecule has 0 saturated carbocycles. The van der Waals surface area contributed by atoms with Crippen molar-refractivity contribution in [1.29, 1.82) is 0 Å². The number of ether oxygens (including phenoxy) is 1. The molecule has 0 aliphatic heterocycles. The van der Waals surface area contributed by atoms with Crippen LogP contribution in [0.5, 0.6) is 5.88 Å². The fraction of sp³-hybridized carbons (Fsp3) is 0.190. The third kappa shape index (κ3) is 5.40. The minimum absolute atomic E-state index is 0.0215. The molecule has 3 aromatic rings. The quantitative estimate of drug-likeness (QED) is 0.297. The molecule has 0 radical (unpaired) electrons. The molecule has 7 nitrogen and oxygen atoms in total. The third-order valence-electron chi connectivity index (χ3n) is 4.24. The number of hydrogen-bond donors (Lipinski definition) is 3. The number of rotatable bonds is 8. The molecule has 0 unspecified atom stereocenters. The van der Waals surface area contributed by atoms with Crippen molar-refractivity contribution in [3.05, 3.63) is 71.5 Å². The van der Waals surface area contributed by atoms with Crippen molar-refractivity contribution >= 4 is 23.1 Å². The molecule has 2 aromatic carbocycles. The van der Waals surface area contributed by atoms with Crippen molar-refractivity contribution in [3.8, 4) is 17.0 Å². The van der Waals surface area contributed by atoms with Gasteiger partial charge in [-0.3, -0.25) is 15.5 Å². The summed E-state index contributed by atoms with van der Waals surface area (Å²) >= 11 is 4.81. The first-order valence-electron chi connectivity index (χ1n) is 9.06. The van der Waals surface area contributed by atoms with Gasteiger partial charge in [0.1, 0.15) is 0 Å². The van der Waals surface area contributed by atoms with Crippen LogP contribution in [-0.4, -0.2) is 34.4 Å². The van der Waals surface area contributed by atoms with E-state index in [0.29, 0.717) is 25.1 Å². The van der Waals surface area contributed by atoms with Gasteiger partial charge in [0.15, 0.2) is 10.7 Å². The molecule has 0 aliphatic rings. The predicted molar refractivity (Wildman–Crippen MR) is 112 cm³/mol. The Kier molecular flexibility index (Phi) is 6.94. The highest BCUT2D eigenvalue weighted by atomic mass is 32.1. The molecule has 0 bridgehead atoms. The number of nitrogens with zero attached hydrogens (tertiary/aromatic N) is 1. The van der Waals surface area contributed by atoms with E-state index in [1.54, 1.807) is 0 Å². The number of nitrogens with one attached hydrogen (secondary N) is 2. The van der Waals surface area contributed by atoms with Crippen LogP contribution in [-0.2, 0) is 0 Å². The van der Waals surface area contributed by atoms with Crippen LogP contribution in [0.4, 0.5) is 0 Å². The van der Waals surface area contributed by atoms with Crippen molar-refractivity contribution in [1.82, 2.24) is 16.0 Å². The van der Waals surface area contributed by atoms with Crippen molar-refractivity contribution in [3.63, 3.8) is 0 Å². The lowest BCUT2D eigenvalue weighted by Crippen LogP contribution is -2.25. The molecule has 0 aliphatic carbocycles. The number of hydrogen-bond acceptors (Lipinski definition) is 6. The SMILES string of the molecule is Cc1cc(C(=O)NCCCOc2cc(C(=S)NO)on2)ccc1-c1ccccc1. The topological polar surface area (TPSA) is 96.6 Å². The molecule has 1 amide bonds. The van der Waals surface area contributed by atoms with Crippen molar-refractivity contribution in [2.45, 2.75) is 13.3 Å². The van der Waals surface area contributed by atoms with Gasteiger partial charge in [0.05, 0.1) is 12.7 Å². The lowest BCUT2D eigenvalue weighted by molar-refractivity contribution is 0.0951. The van der Waals surface area contributed by atoms with Crippen LogP contribution >= 0.6 is 12.2 Å². The Morgan fingerprint density at radius 1 is 1.21 bits per heavy atom. The van der Waals surface area contributed by atoms with Gasteiger partial charge in [-0.2, -0.15) is 0 Å². The van der Waals surface area contributed by atoms with E-state index in [-0.39, 0.29) is 22.5 Å². The highest BCUT2D eigenvalue weighted by Gasteiger charge is 2.10. The lowest BCUT2D eigenvalue weighted by Gasteiger charge is -2.10. The zero-order valence-corrected chi connectivity index (χ0v) is 16.7. The van der Waals surface area contributed by atoms with Crippen LogP contribution in [0.15, 0.2) is 59.1 Å². The normalized spacial score (nSPS) is 10.4. The molecule has 29 heavy (non-hydrogen) atoms. The van der Waals surface area contributed by atoms with Crippen molar-refractivity contribution in [2.24, 2.45) is 0 Å². The number of thiocarbonyl (C=S) groups is 1. The van der Waals surface area contributed by atoms with E-state index >= 15 is 0 Å². The minimum Gasteiger partial charge on any atom is -0.475 e. The van der Waals surface area contributed by atoms with Gasteiger partial charge in [-0.1, -0.05) is 48.6 Å². The zero-order chi connectivity index (χ0) is 20.6. The Balaban J connectivity index is 1.45. The number of benzene rings is 2. The number of carbonyl (C=O) groups is 1. The second-order valence-corrected chi connectivity index (χ2v) is 6.73. The lowest BCUT2D eigenvalue weighted by atomic mass is 9.98. The van der Waals surface area contributed by atoms with E-state index < -0.39 is 0 Å². The first-order valence-corrected chi connectivity index (χ1v) is 9.47. The average Bonchev–Trinajstić information content (AvgIpc) is 3.22. The van der Waals surface area contributed by atoms with E-state index in [9.17, 15) is 4.79 Å². The Morgan fingerprint density at radius 3 is 2.72 bits per heavy atom. The zero-order valence-electron chi connectivity index (χ0n) is 15.8. The van der Waals surface area contributed by atoms with E-state index in [2.05, 4.69) is 10.5 Å². The molecule has 0 spiro atoms. The summed E-state index contributed by atoms with van der Waals surface area (Å²) in [4.78, 5) is 12.4. The molecule has 1 aromatic heterocycles. The van der Waals surface area contributed by atoms with E-state index in [0.717, 1.165) is 16.7 Å². The molecule has 150 valence electrons. The number of amides is 1. The van der Waals surface area contributed by atoms with Gasteiger partial charge in [0.2, 0.25) is 0 Å². The van der Waals surface area contributed by atoms with Crippen molar-refractivity contribution in [2.75, 3.05) is 13.2 Å². The Labute approximate surface area is 173 Å². The second kappa shape index (κ2) is 9.81. The number of aromatic nitrogens is 1. The predicted octanol–water partition coefficient (Wildman–Crippen LogP) is 3.50. The van der Waals surface area contributed by atoms with Crippen LogP contribution in [0.1, 0.15) is 28.1 Å². The summed E-state index contributed by atoms with van der Waals surface area (Å²) in [6, 6.07) is 17.2. The molecule has 3 N–H and O–H groups in total. The summed E-state index contributed by atoms with van der Waals surface area (Å²) in [5.41, 5.74) is 5.71. The summed E-state index contributed by atoms with van der Waals surface area (Å²) in [6.45, 7) is 2.80. The van der Waals surface area contributed by atoms with Gasteiger partial charge >= 0.3 is 0 Å². The van der Waals surface area contributed by atoms with Crippen LogP contribution in [0.2, 0.25) is 0 Å². The number of carbonyl (C=O) groups excluding carboxylic acids is 1. The maximum atomic E-state index is 12.4. The fourth-order valence-corrected chi connectivity index (χ4v) is 2.88. The van der Waals surface area contributed by atoms with E-state index in [1.807, 2.05) is 60.9 Å². The number of hydroxylamine groups is 1. The fourth-order valence-electron chi connectivity index (χ4n) is 2.79. The molecular weight excluding hydrogens is 390 g/mol. The summed E-state index contributed by atoms with van der Waals surface area (Å²) < 4.78 is 10.3. The summed E-state index contributed by atoms with van der Waals surface area (Å²) in [5, 5.41) is 15.3. The summed E-state index contributed by atoms with van der Waals surface area (Å²) in [6.07, 6.45) is 0.595. The smallest absolute Gasteiger partial charge is 0.254 e. The second-order valence-electron chi connectivity index (χ2n) is 6.32. The van der Waals surface area contributed by atoms with E-state index in [1.165, 1.54) is 6.07 Å². The maximum absolute atomic E-state index is 12.4. The molecule has 3 rings (SSSR count). The van der Waals surface area contributed by atoms with Gasteiger partial charge in [0.25, 0.3) is 11.8 Å². The van der Waals surface area contributed by atoms with Crippen molar-refractivity contribution < 1.29 is 19.3 Å². The minimum atomic E-state index is -0.129. The largest absolute Gasteiger partial charge is 0.475 e. The number of aryl methyl sites for hydroxylation is 1. The molecular formula is C21H21N3O4S. The van der Waals surface area contributed by atoms with Gasteiger partial charge in [0, 0.05) is 12.1 Å². The van der Waals surface area contributed by atoms with Gasteiger partial charge in [-0.15, -0.1) is 0 Å². The first kappa shape index (κ1) is 20.5. The summed E-state index contributed by atoms with van der Waals surface area (Å²) in [7, 11) is 0. The van der Waals surface area contributed by atoms with Gasteiger partial charge in [-0.25, -0.2) is 0 Å². The highest BCUT2D eigenvalue weighted by molar-refractivity contribution is 7.80. The monoisotopic (exact) mass is 411 g/mol. The van der Waals surface area contributed by atoms with Crippen LogP contribution < -0.4 is 15.5 Å².